The summed E-state index contributed by atoms with van der Waals surface area (Å²) in [6.45, 7) is 0.517. The average molecular weight is 325 g/mol. The largest absolute Gasteiger partial charge is 0.485 e. The number of nitrogens with zero attached hydrogens (tertiary/aromatic N) is 3. The molecule has 1 aromatic heterocycles. The topological polar surface area (TPSA) is 71.6 Å². The van der Waals surface area contributed by atoms with Crippen LogP contribution in [0.2, 0.25) is 0 Å². The van der Waals surface area contributed by atoms with Gasteiger partial charge in [-0.1, -0.05) is 5.16 Å². The summed E-state index contributed by atoms with van der Waals surface area (Å²) in [5.41, 5.74) is 0. The molecule has 1 aliphatic heterocycles. The third-order valence-corrected chi connectivity index (χ3v) is 3.72. The Kier molecular flexibility index (Phi) is 4.82. The molecule has 0 spiro atoms. The van der Waals surface area contributed by atoms with E-state index in [9.17, 15) is 13.9 Å². The Hall–Kier alpha value is -2.06. The van der Waals surface area contributed by atoms with E-state index in [1.54, 1.807) is 4.90 Å². The van der Waals surface area contributed by atoms with Crippen LogP contribution in [-0.4, -0.2) is 45.5 Å². The van der Waals surface area contributed by atoms with Gasteiger partial charge < -0.3 is 14.4 Å². The standard InChI is InChI=1S/C15H17F2N3O3/c16-10-1-3-13(4-2-10)22-9-14-18-15(23-19-14)7-20-6-11(17)5-12(20)8-21/h1-4,11-12,21H,5-9H2/t11-,12-/m0/s1. The normalized spacial score (nSPS) is 21.7. The van der Waals surface area contributed by atoms with Gasteiger partial charge in [-0.3, -0.25) is 4.90 Å². The van der Waals surface area contributed by atoms with Crippen molar-refractivity contribution in [2.45, 2.75) is 31.8 Å². The first-order valence-corrected chi connectivity index (χ1v) is 7.33. The van der Waals surface area contributed by atoms with Crippen LogP contribution in [0.15, 0.2) is 28.8 Å². The molecule has 2 atom stereocenters. The molecule has 0 amide bonds. The van der Waals surface area contributed by atoms with Crippen LogP contribution in [0, 0.1) is 5.82 Å². The molecule has 2 heterocycles. The predicted octanol–water partition coefficient (Wildman–Crippen LogP) is 1.69. The summed E-state index contributed by atoms with van der Waals surface area (Å²) >= 11 is 0. The summed E-state index contributed by atoms with van der Waals surface area (Å²) in [4.78, 5) is 5.96. The highest BCUT2D eigenvalue weighted by atomic mass is 19.1. The Balaban J connectivity index is 1.54. The molecule has 1 aliphatic rings. The molecule has 1 aromatic carbocycles. The fourth-order valence-corrected chi connectivity index (χ4v) is 2.57. The Morgan fingerprint density at radius 2 is 2.13 bits per heavy atom. The minimum atomic E-state index is -0.948. The van der Waals surface area contributed by atoms with E-state index < -0.39 is 6.17 Å². The summed E-state index contributed by atoms with van der Waals surface area (Å²) in [7, 11) is 0. The van der Waals surface area contributed by atoms with Crippen LogP contribution in [0.25, 0.3) is 0 Å². The Labute approximate surface area is 131 Å². The fraction of sp³-hybridized carbons (Fsp3) is 0.467. The lowest BCUT2D eigenvalue weighted by molar-refractivity contribution is 0.140. The maximum absolute atomic E-state index is 13.4. The first-order valence-electron chi connectivity index (χ1n) is 7.33. The Morgan fingerprint density at radius 1 is 1.35 bits per heavy atom. The second-order valence-electron chi connectivity index (χ2n) is 5.45. The second kappa shape index (κ2) is 7.01. The molecule has 1 fully saturated rings. The van der Waals surface area contributed by atoms with E-state index in [1.165, 1.54) is 24.3 Å². The van der Waals surface area contributed by atoms with Crippen molar-refractivity contribution in [1.82, 2.24) is 15.0 Å². The molecule has 1 N–H and O–H groups in total. The molecule has 23 heavy (non-hydrogen) atoms. The molecule has 8 heteroatoms. The highest BCUT2D eigenvalue weighted by Crippen LogP contribution is 2.22. The van der Waals surface area contributed by atoms with Crippen molar-refractivity contribution >= 4 is 0 Å². The van der Waals surface area contributed by atoms with E-state index >= 15 is 0 Å². The zero-order chi connectivity index (χ0) is 16.2. The number of halogens is 2. The van der Waals surface area contributed by atoms with Gasteiger partial charge in [0.1, 0.15) is 17.7 Å². The minimum absolute atomic E-state index is 0.0876. The van der Waals surface area contributed by atoms with Gasteiger partial charge in [0.2, 0.25) is 11.7 Å². The lowest BCUT2D eigenvalue weighted by Crippen LogP contribution is -2.31. The summed E-state index contributed by atoms with van der Waals surface area (Å²) in [5, 5.41) is 13.0. The van der Waals surface area contributed by atoms with E-state index in [4.69, 9.17) is 9.26 Å². The number of likely N-dealkylation sites (tertiary alicyclic amines) is 1. The number of aromatic nitrogens is 2. The zero-order valence-corrected chi connectivity index (χ0v) is 12.4. The number of aliphatic hydroxyl groups is 1. The quantitative estimate of drug-likeness (QED) is 0.871. The van der Waals surface area contributed by atoms with Gasteiger partial charge in [-0.05, 0) is 30.7 Å². The fourth-order valence-electron chi connectivity index (χ4n) is 2.57. The van der Waals surface area contributed by atoms with Gasteiger partial charge in [-0.25, -0.2) is 8.78 Å². The van der Waals surface area contributed by atoms with Crippen molar-refractivity contribution in [3.05, 3.63) is 41.8 Å². The van der Waals surface area contributed by atoms with E-state index in [2.05, 4.69) is 10.1 Å². The van der Waals surface area contributed by atoms with Crippen LogP contribution in [0.3, 0.4) is 0 Å². The molecule has 6 nitrogen and oxygen atoms in total. The molecule has 1 saturated heterocycles. The van der Waals surface area contributed by atoms with E-state index in [0.717, 1.165) is 0 Å². The van der Waals surface area contributed by atoms with E-state index in [1.807, 2.05) is 0 Å². The molecular formula is C15H17F2N3O3. The first-order chi connectivity index (χ1) is 11.1. The van der Waals surface area contributed by atoms with Crippen molar-refractivity contribution in [3.8, 4) is 5.75 Å². The second-order valence-corrected chi connectivity index (χ2v) is 5.45. The van der Waals surface area contributed by atoms with Gasteiger partial charge in [-0.2, -0.15) is 4.98 Å². The number of benzene rings is 1. The average Bonchev–Trinajstić information content (AvgIpc) is 3.13. The molecule has 0 aliphatic carbocycles. The summed E-state index contributed by atoms with van der Waals surface area (Å²) in [5.74, 6) is 0.850. The van der Waals surface area contributed by atoms with Crippen LogP contribution < -0.4 is 4.74 Å². The third kappa shape index (κ3) is 4.02. The van der Waals surface area contributed by atoms with Crippen molar-refractivity contribution < 1.29 is 23.1 Å². The maximum atomic E-state index is 13.4. The molecule has 3 rings (SSSR count). The zero-order valence-electron chi connectivity index (χ0n) is 12.4. The highest BCUT2D eigenvalue weighted by molar-refractivity contribution is 5.22. The number of hydrogen-bond donors (Lipinski definition) is 1. The highest BCUT2D eigenvalue weighted by Gasteiger charge is 2.32. The van der Waals surface area contributed by atoms with Crippen LogP contribution in [-0.2, 0) is 13.2 Å². The van der Waals surface area contributed by atoms with Crippen LogP contribution in [0.5, 0.6) is 5.75 Å². The van der Waals surface area contributed by atoms with Crippen LogP contribution in [0.1, 0.15) is 18.1 Å². The molecular weight excluding hydrogens is 308 g/mol. The SMILES string of the molecule is OC[C@@H]1C[C@H](F)CN1Cc1nc(COc2ccc(F)cc2)no1. The van der Waals surface area contributed by atoms with E-state index in [-0.39, 0.29) is 38.2 Å². The van der Waals surface area contributed by atoms with E-state index in [0.29, 0.717) is 23.9 Å². The molecule has 0 radical (unpaired) electrons. The number of alkyl halides is 1. The van der Waals surface area contributed by atoms with Gasteiger partial charge in [0.15, 0.2) is 6.61 Å². The van der Waals surface area contributed by atoms with Gasteiger partial charge in [0, 0.05) is 12.6 Å². The monoisotopic (exact) mass is 325 g/mol. The van der Waals surface area contributed by atoms with Crippen molar-refractivity contribution in [1.29, 1.82) is 0 Å². The van der Waals surface area contributed by atoms with Crippen molar-refractivity contribution in [2.24, 2.45) is 0 Å². The minimum Gasteiger partial charge on any atom is -0.485 e. The lowest BCUT2D eigenvalue weighted by Gasteiger charge is -2.19. The predicted molar refractivity (Wildman–Crippen MR) is 75.8 cm³/mol. The molecule has 124 valence electrons. The van der Waals surface area contributed by atoms with Gasteiger partial charge >= 0.3 is 0 Å². The molecule has 0 bridgehead atoms. The summed E-state index contributed by atoms with van der Waals surface area (Å²) < 4.78 is 36.7. The van der Waals surface area contributed by atoms with Gasteiger partial charge in [-0.15, -0.1) is 0 Å². The van der Waals surface area contributed by atoms with Crippen LogP contribution in [0.4, 0.5) is 8.78 Å². The van der Waals surface area contributed by atoms with Crippen LogP contribution >= 0.6 is 0 Å². The number of ether oxygens (including phenoxy) is 1. The molecule has 2 aromatic rings. The smallest absolute Gasteiger partial charge is 0.240 e. The van der Waals surface area contributed by atoms with Gasteiger partial charge in [0.25, 0.3) is 0 Å². The van der Waals surface area contributed by atoms with Crippen molar-refractivity contribution in [3.63, 3.8) is 0 Å². The number of hydrogen-bond acceptors (Lipinski definition) is 6. The maximum Gasteiger partial charge on any atom is 0.240 e. The number of aliphatic hydroxyl groups excluding tert-OH is 1. The van der Waals surface area contributed by atoms with Crippen molar-refractivity contribution in [2.75, 3.05) is 13.2 Å². The Morgan fingerprint density at radius 3 is 2.87 bits per heavy atom. The van der Waals surface area contributed by atoms with Gasteiger partial charge in [0.05, 0.1) is 13.2 Å². The third-order valence-electron chi connectivity index (χ3n) is 3.72. The first kappa shape index (κ1) is 15.8. The molecule has 0 saturated carbocycles. The summed E-state index contributed by atoms with van der Waals surface area (Å²) in [6, 6.07) is 5.39. The number of rotatable bonds is 6. The molecule has 0 unspecified atom stereocenters. The Bertz CT molecular complexity index is 635. The summed E-state index contributed by atoms with van der Waals surface area (Å²) in [6.07, 6.45) is -0.637. The lowest BCUT2D eigenvalue weighted by atomic mass is 10.2.